The van der Waals surface area contributed by atoms with Gasteiger partial charge in [0.2, 0.25) is 0 Å². The number of carbonyl (C=O) groups excluding carboxylic acids is 1. The van der Waals surface area contributed by atoms with Crippen molar-refractivity contribution in [3.05, 3.63) is 53.6 Å². The third-order valence-corrected chi connectivity index (χ3v) is 9.89. The molecule has 0 saturated carbocycles. The fourth-order valence-corrected chi connectivity index (χ4v) is 7.37. The van der Waals surface area contributed by atoms with E-state index in [-0.39, 0.29) is 29.5 Å². The van der Waals surface area contributed by atoms with Gasteiger partial charge in [-0.3, -0.25) is 19.3 Å². The second-order valence-electron chi connectivity index (χ2n) is 9.68. The summed E-state index contributed by atoms with van der Waals surface area (Å²) in [7, 11) is -1.32. The van der Waals surface area contributed by atoms with Gasteiger partial charge in [-0.1, -0.05) is 5.92 Å². The summed E-state index contributed by atoms with van der Waals surface area (Å²) in [6.07, 6.45) is 2.30. The fourth-order valence-electron chi connectivity index (χ4n) is 4.84. The zero-order valence-electron chi connectivity index (χ0n) is 21.1. The molecular formula is C26H32FN5O4S. The quantitative estimate of drug-likeness (QED) is 0.372. The van der Waals surface area contributed by atoms with Crippen LogP contribution in [-0.2, 0) is 5.54 Å². The summed E-state index contributed by atoms with van der Waals surface area (Å²) in [5.41, 5.74) is -0.672. The number of nitrogens with one attached hydrogen (secondary N) is 3. The number of rotatable bonds is 5. The van der Waals surface area contributed by atoms with Gasteiger partial charge in [-0.05, 0) is 64.1 Å². The molecule has 2 aromatic rings. The Morgan fingerprint density at radius 2 is 2.05 bits per heavy atom. The molecule has 0 unspecified atom stereocenters. The van der Waals surface area contributed by atoms with Crippen molar-refractivity contribution in [3.8, 4) is 17.6 Å². The molecule has 1 amide bonds. The van der Waals surface area contributed by atoms with Gasteiger partial charge in [-0.15, -0.1) is 5.92 Å². The number of amidine groups is 1. The highest BCUT2D eigenvalue weighted by atomic mass is 32.3. The van der Waals surface area contributed by atoms with Crippen molar-refractivity contribution in [2.24, 2.45) is 0 Å². The predicted octanol–water partition coefficient (Wildman–Crippen LogP) is 3.89. The molecule has 9 nitrogen and oxygen atoms in total. The first-order valence-corrected chi connectivity index (χ1v) is 13.6. The van der Waals surface area contributed by atoms with E-state index in [1.54, 1.807) is 19.9 Å². The zero-order valence-corrected chi connectivity index (χ0v) is 21.9. The molecule has 1 spiro atoms. The molecule has 0 aliphatic carbocycles. The zero-order chi connectivity index (χ0) is 26.8. The summed E-state index contributed by atoms with van der Waals surface area (Å²) < 4.78 is 42.0. The van der Waals surface area contributed by atoms with E-state index in [1.807, 2.05) is 7.05 Å². The summed E-state index contributed by atoms with van der Waals surface area (Å²) in [5, 5.41) is 14.5. The number of amides is 1. The minimum Gasteiger partial charge on any atom is -0.479 e. The number of pyridine rings is 1. The third-order valence-electron chi connectivity index (χ3n) is 7.04. The van der Waals surface area contributed by atoms with Crippen LogP contribution in [0.5, 0.6) is 5.75 Å². The van der Waals surface area contributed by atoms with Crippen molar-refractivity contribution >= 4 is 28.0 Å². The maximum absolute atomic E-state index is 15.1. The van der Waals surface area contributed by atoms with Crippen molar-refractivity contribution in [2.45, 2.75) is 37.0 Å². The van der Waals surface area contributed by atoms with E-state index in [0.717, 1.165) is 0 Å². The Kier molecular flexibility index (Phi) is 7.48. The van der Waals surface area contributed by atoms with Gasteiger partial charge in [0.25, 0.3) is 5.91 Å². The van der Waals surface area contributed by atoms with Crippen LogP contribution in [0.1, 0.15) is 42.7 Å². The van der Waals surface area contributed by atoms with Crippen molar-refractivity contribution in [1.29, 1.82) is 5.41 Å². The number of benzene rings is 1. The lowest BCUT2D eigenvalue weighted by atomic mass is 9.88. The molecule has 2 fully saturated rings. The number of hydrogen-bond donors (Lipinski definition) is 5. The summed E-state index contributed by atoms with van der Waals surface area (Å²) >= 11 is 0. The number of likely N-dealkylation sites (tertiary alicyclic amines) is 1. The molecule has 2 aliphatic heterocycles. The van der Waals surface area contributed by atoms with Crippen molar-refractivity contribution in [2.75, 3.05) is 37.8 Å². The van der Waals surface area contributed by atoms with Gasteiger partial charge in [0.15, 0.2) is 0 Å². The molecule has 3 heterocycles. The smallest absolute Gasteiger partial charge is 0.274 e. The van der Waals surface area contributed by atoms with Gasteiger partial charge in [-0.2, -0.15) is 10.6 Å². The molecule has 4 rings (SSSR count). The number of halogens is 1. The Morgan fingerprint density at radius 1 is 1.32 bits per heavy atom. The first-order chi connectivity index (χ1) is 17.5. The van der Waals surface area contributed by atoms with E-state index in [9.17, 15) is 13.9 Å². The van der Waals surface area contributed by atoms with Crippen LogP contribution in [0.15, 0.2) is 36.5 Å². The summed E-state index contributed by atoms with van der Waals surface area (Å²) in [4.78, 5) is 19.0. The Morgan fingerprint density at radius 3 is 2.68 bits per heavy atom. The second-order valence-corrected chi connectivity index (χ2v) is 12.1. The molecular weight excluding hydrogens is 497 g/mol. The van der Waals surface area contributed by atoms with Crippen LogP contribution < -0.4 is 15.4 Å². The van der Waals surface area contributed by atoms with Gasteiger partial charge in [0.05, 0.1) is 17.5 Å². The number of piperidine rings is 1. The highest BCUT2D eigenvalue weighted by Gasteiger charge is 2.56. The predicted molar refractivity (Wildman–Crippen MR) is 143 cm³/mol. The Bertz CT molecular complexity index is 1250. The van der Waals surface area contributed by atoms with Crippen LogP contribution in [0, 0.1) is 23.1 Å². The molecule has 1 aromatic heterocycles. The summed E-state index contributed by atoms with van der Waals surface area (Å²) in [6, 6.07) is 7.21. The van der Waals surface area contributed by atoms with Gasteiger partial charge in [-0.25, -0.2) is 9.37 Å². The molecule has 5 N–H and O–H groups in total. The van der Waals surface area contributed by atoms with E-state index < -0.39 is 32.6 Å². The molecule has 2 saturated heterocycles. The number of nitrogens with zero attached hydrogens (tertiary/aromatic N) is 2. The van der Waals surface area contributed by atoms with Crippen molar-refractivity contribution in [3.63, 3.8) is 0 Å². The summed E-state index contributed by atoms with van der Waals surface area (Å²) in [6.45, 7) is 4.85. The maximum Gasteiger partial charge on any atom is 0.274 e. The standard InChI is InChI=1S/C26H32FN5O4S/c1-4-5-14-36-19-7-9-22(29-16-19)23(33)30-18-6-8-21(27)20(15-18)25(2)17-37(34,35)26(24(28)31-25)10-12-32(3)13-11-26/h6-9,15-16,34-35H,10-14,17H2,1-3H3,(H2,28,31)(H,30,33)/t25-/m0/s1. The van der Waals surface area contributed by atoms with Crippen molar-refractivity contribution in [1.82, 2.24) is 15.2 Å². The number of carbonyl (C=O) groups is 1. The van der Waals surface area contributed by atoms with Crippen LogP contribution in [-0.4, -0.2) is 68.0 Å². The largest absolute Gasteiger partial charge is 0.479 e. The van der Waals surface area contributed by atoms with Crippen LogP contribution in [0.2, 0.25) is 0 Å². The van der Waals surface area contributed by atoms with E-state index >= 15 is 4.39 Å². The summed E-state index contributed by atoms with van der Waals surface area (Å²) in [5.74, 6) is 4.76. The first-order valence-electron chi connectivity index (χ1n) is 11.9. The molecule has 1 atom stereocenters. The maximum atomic E-state index is 15.1. The number of ether oxygens (including phenoxy) is 1. The molecule has 198 valence electrons. The number of hydrogen-bond acceptors (Lipinski definition) is 7. The van der Waals surface area contributed by atoms with Gasteiger partial charge >= 0.3 is 0 Å². The molecule has 2 aliphatic rings. The van der Waals surface area contributed by atoms with Crippen LogP contribution in [0.25, 0.3) is 0 Å². The molecule has 0 bridgehead atoms. The molecule has 0 radical (unpaired) electrons. The molecule has 11 heteroatoms. The van der Waals surface area contributed by atoms with Gasteiger partial charge < -0.3 is 20.3 Å². The second kappa shape index (κ2) is 10.3. The van der Waals surface area contributed by atoms with Gasteiger partial charge in [0, 0.05) is 24.3 Å². The minimum atomic E-state index is -3.28. The van der Waals surface area contributed by atoms with E-state index in [4.69, 9.17) is 10.1 Å². The minimum absolute atomic E-state index is 0.0135. The lowest BCUT2D eigenvalue weighted by Crippen LogP contribution is -2.66. The molecule has 37 heavy (non-hydrogen) atoms. The lowest BCUT2D eigenvalue weighted by Gasteiger charge is -2.60. The molecule has 1 aromatic carbocycles. The monoisotopic (exact) mass is 529 g/mol. The van der Waals surface area contributed by atoms with E-state index in [1.165, 1.54) is 30.5 Å². The highest BCUT2D eigenvalue weighted by molar-refractivity contribution is 8.26. The average molecular weight is 530 g/mol. The Balaban J connectivity index is 1.53. The topological polar surface area (TPSA) is 131 Å². The lowest BCUT2D eigenvalue weighted by molar-refractivity contribution is 0.102. The normalized spacial score (nSPS) is 23.4. The Hall–Kier alpha value is -3.17. The highest BCUT2D eigenvalue weighted by Crippen LogP contribution is 2.62. The van der Waals surface area contributed by atoms with Crippen LogP contribution >= 0.6 is 10.6 Å². The third kappa shape index (κ3) is 5.29. The van der Waals surface area contributed by atoms with Crippen LogP contribution in [0.4, 0.5) is 10.1 Å². The van der Waals surface area contributed by atoms with E-state index in [0.29, 0.717) is 37.4 Å². The average Bonchev–Trinajstić information content (AvgIpc) is 2.85. The van der Waals surface area contributed by atoms with Crippen LogP contribution in [0.3, 0.4) is 0 Å². The van der Waals surface area contributed by atoms with Gasteiger partial charge in [0.1, 0.15) is 34.5 Å². The van der Waals surface area contributed by atoms with Crippen molar-refractivity contribution < 1.29 is 23.0 Å². The number of aromatic nitrogens is 1. The first kappa shape index (κ1) is 26.9. The fraction of sp³-hybridized carbons (Fsp3) is 0.423. The SMILES string of the molecule is CC#CCOc1ccc(C(=O)Nc2ccc(F)c([C@]3(C)CS(O)(O)C4(CCN(C)CC4)C(=N)N3)c2)nc1. The van der Waals surface area contributed by atoms with E-state index in [2.05, 4.69) is 32.4 Å². The Labute approximate surface area is 217 Å². The number of anilines is 1.